The van der Waals surface area contributed by atoms with Gasteiger partial charge in [-0.05, 0) is 47.5 Å². The summed E-state index contributed by atoms with van der Waals surface area (Å²) in [5, 5.41) is 8.50. The van der Waals surface area contributed by atoms with Crippen molar-refractivity contribution in [2.75, 3.05) is 19.0 Å². The van der Waals surface area contributed by atoms with E-state index in [-0.39, 0.29) is 0 Å². The van der Waals surface area contributed by atoms with E-state index in [1.807, 2.05) is 56.6 Å². The first kappa shape index (κ1) is 15.0. The Morgan fingerprint density at radius 2 is 1.04 bits per heavy atom. The highest BCUT2D eigenvalue weighted by Crippen LogP contribution is 2.25. The molecule has 3 heteroatoms. The van der Waals surface area contributed by atoms with E-state index in [0.717, 1.165) is 11.4 Å². The molecule has 0 radical (unpaired) electrons. The lowest BCUT2D eigenvalue weighted by Crippen LogP contribution is -2.07. The zero-order chi connectivity index (χ0) is 16.1. The molecule has 23 heavy (non-hydrogen) atoms. The monoisotopic (exact) mass is 301 g/mol. The molecular weight excluding hydrogens is 282 g/mol. The second kappa shape index (κ2) is 6.88. The van der Waals surface area contributed by atoms with Gasteiger partial charge in [0.15, 0.2) is 0 Å². The van der Waals surface area contributed by atoms with E-state index in [2.05, 4.69) is 51.5 Å². The maximum absolute atomic E-state index is 4.27. The topological polar surface area (TPSA) is 28.0 Å². The van der Waals surface area contributed by atoms with Gasteiger partial charge >= 0.3 is 0 Å². The highest BCUT2D eigenvalue weighted by Gasteiger charge is 2.00. The summed E-state index contributed by atoms with van der Waals surface area (Å²) in [5.41, 5.74) is 5.27. The van der Waals surface area contributed by atoms with Crippen LogP contribution in [0.5, 0.6) is 0 Å². The molecule has 0 amide bonds. The lowest BCUT2D eigenvalue weighted by molar-refractivity contribution is 1.13. The van der Waals surface area contributed by atoms with Gasteiger partial charge in [-0.3, -0.25) is 0 Å². The molecule has 3 aromatic carbocycles. The van der Waals surface area contributed by atoms with Gasteiger partial charge < -0.3 is 4.90 Å². The molecule has 0 unspecified atom stereocenters. The molecule has 0 bridgehead atoms. The molecule has 0 heterocycles. The molecule has 0 aliphatic carbocycles. The maximum Gasteiger partial charge on any atom is 0.0857 e. The van der Waals surface area contributed by atoms with Crippen molar-refractivity contribution >= 4 is 17.1 Å². The van der Waals surface area contributed by atoms with Gasteiger partial charge in [0.25, 0.3) is 0 Å². The summed E-state index contributed by atoms with van der Waals surface area (Å²) in [6.07, 6.45) is 0. The average Bonchev–Trinajstić information content (AvgIpc) is 2.61. The summed E-state index contributed by atoms with van der Waals surface area (Å²) in [4.78, 5) is 2.09. The third kappa shape index (κ3) is 3.83. The van der Waals surface area contributed by atoms with Gasteiger partial charge in [-0.15, -0.1) is 0 Å². The third-order valence-corrected chi connectivity index (χ3v) is 3.62. The van der Waals surface area contributed by atoms with Crippen LogP contribution in [-0.2, 0) is 0 Å². The lowest BCUT2D eigenvalue weighted by atomic mass is 10.1. The maximum atomic E-state index is 4.27. The number of azo groups is 1. The minimum Gasteiger partial charge on any atom is -0.378 e. The minimum absolute atomic E-state index is 0.850. The van der Waals surface area contributed by atoms with Crippen LogP contribution >= 0.6 is 0 Å². The van der Waals surface area contributed by atoms with Crippen LogP contribution in [0.4, 0.5) is 17.1 Å². The van der Waals surface area contributed by atoms with Gasteiger partial charge in [0, 0.05) is 19.8 Å². The fraction of sp³-hybridized carbons (Fsp3) is 0.100. The second-order valence-electron chi connectivity index (χ2n) is 5.52. The number of anilines is 1. The molecule has 3 rings (SSSR count). The van der Waals surface area contributed by atoms with Crippen LogP contribution in [0.25, 0.3) is 11.1 Å². The molecule has 0 N–H and O–H groups in total. The van der Waals surface area contributed by atoms with E-state index in [1.54, 1.807) is 0 Å². The van der Waals surface area contributed by atoms with Gasteiger partial charge in [0.2, 0.25) is 0 Å². The molecule has 114 valence electrons. The standard InChI is InChI=1S/C20H19N3/c1-23(2)20-14-10-17(11-15-20)16-8-12-19(13-9-16)22-21-18-6-4-3-5-7-18/h3-15H,1-2H3/b22-21+. The SMILES string of the molecule is CN(C)c1ccc(-c2ccc(/N=N/c3ccccc3)cc2)cc1. The molecule has 0 atom stereocenters. The lowest BCUT2D eigenvalue weighted by Gasteiger charge is -2.12. The Labute approximate surface area is 136 Å². The van der Waals surface area contributed by atoms with Gasteiger partial charge in [-0.2, -0.15) is 10.2 Å². The highest BCUT2D eigenvalue weighted by molar-refractivity contribution is 5.67. The fourth-order valence-electron chi connectivity index (χ4n) is 2.28. The van der Waals surface area contributed by atoms with Crippen molar-refractivity contribution in [2.45, 2.75) is 0 Å². The zero-order valence-corrected chi connectivity index (χ0v) is 13.3. The predicted octanol–water partition coefficient (Wildman–Crippen LogP) is 5.84. The molecule has 3 nitrogen and oxygen atoms in total. The van der Waals surface area contributed by atoms with Crippen molar-refractivity contribution in [3.8, 4) is 11.1 Å². The second-order valence-corrected chi connectivity index (χ2v) is 5.52. The summed E-state index contributed by atoms with van der Waals surface area (Å²) in [6.45, 7) is 0. The van der Waals surface area contributed by atoms with Gasteiger partial charge in [-0.25, -0.2) is 0 Å². The predicted molar refractivity (Wildman–Crippen MR) is 96.8 cm³/mol. The average molecular weight is 301 g/mol. The van der Waals surface area contributed by atoms with Crippen molar-refractivity contribution in [1.29, 1.82) is 0 Å². The number of hydrogen-bond donors (Lipinski definition) is 0. The zero-order valence-electron chi connectivity index (χ0n) is 13.3. The summed E-state index contributed by atoms with van der Waals surface area (Å²) < 4.78 is 0. The summed E-state index contributed by atoms with van der Waals surface area (Å²) in [7, 11) is 4.09. The Morgan fingerprint density at radius 3 is 1.57 bits per heavy atom. The molecule has 0 fully saturated rings. The minimum atomic E-state index is 0.850. The molecule has 3 aromatic rings. The van der Waals surface area contributed by atoms with Crippen LogP contribution in [0.1, 0.15) is 0 Å². The number of nitrogens with zero attached hydrogens (tertiary/aromatic N) is 3. The number of rotatable bonds is 4. The van der Waals surface area contributed by atoms with E-state index in [1.165, 1.54) is 16.8 Å². The van der Waals surface area contributed by atoms with Gasteiger partial charge in [-0.1, -0.05) is 42.5 Å². The molecule has 0 saturated carbocycles. The first-order valence-electron chi connectivity index (χ1n) is 7.57. The van der Waals surface area contributed by atoms with E-state index in [4.69, 9.17) is 0 Å². The summed E-state index contributed by atoms with van der Waals surface area (Å²) in [5.74, 6) is 0. The summed E-state index contributed by atoms with van der Waals surface area (Å²) in [6, 6.07) is 26.4. The Balaban J connectivity index is 1.75. The smallest absolute Gasteiger partial charge is 0.0857 e. The Hall–Kier alpha value is -2.94. The Kier molecular flexibility index (Phi) is 4.48. The normalized spacial score (nSPS) is 10.9. The highest BCUT2D eigenvalue weighted by atomic mass is 15.1. The largest absolute Gasteiger partial charge is 0.378 e. The van der Waals surface area contributed by atoms with E-state index in [9.17, 15) is 0 Å². The van der Waals surface area contributed by atoms with E-state index in [0.29, 0.717) is 0 Å². The van der Waals surface area contributed by atoms with Crippen molar-refractivity contribution in [3.05, 3.63) is 78.9 Å². The van der Waals surface area contributed by atoms with E-state index < -0.39 is 0 Å². The van der Waals surface area contributed by atoms with Crippen molar-refractivity contribution in [3.63, 3.8) is 0 Å². The first-order chi connectivity index (χ1) is 11.2. The molecule has 0 aromatic heterocycles. The first-order valence-corrected chi connectivity index (χ1v) is 7.57. The van der Waals surface area contributed by atoms with Crippen LogP contribution in [0.3, 0.4) is 0 Å². The number of benzene rings is 3. The van der Waals surface area contributed by atoms with Crippen LogP contribution in [0.2, 0.25) is 0 Å². The van der Waals surface area contributed by atoms with Crippen LogP contribution in [0, 0.1) is 0 Å². The van der Waals surface area contributed by atoms with Crippen molar-refractivity contribution in [1.82, 2.24) is 0 Å². The van der Waals surface area contributed by atoms with Crippen LogP contribution in [0.15, 0.2) is 89.1 Å². The van der Waals surface area contributed by atoms with Crippen LogP contribution in [-0.4, -0.2) is 14.1 Å². The Morgan fingerprint density at radius 1 is 0.565 bits per heavy atom. The molecular formula is C20H19N3. The van der Waals surface area contributed by atoms with Crippen LogP contribution < -0.4 is 4.90 Å². The molecule has 0 aliphatic rings. The number of hydrogen-bond acceptors (Lipinski definition) is 3. The quantitative estimate of drug-likeness (QED) is 0.557. The third-order valence-electron chi connectivity index (χ3n) is 3.62. The Bertz CT molecular complexity index is 773. The molecule has 0 saturated heterocycles. The van der Waals surface area contributed by atoms with Gasteiger partial charge in [0.05, 0.1) is 11.4 Å². The molecule has 0 spiro atoms. The fourth-order valence-corrected chi connectivity index (χ4v) is 2.28. The van der Waals surface area contributed by atoms with E-state index >= 15 is 0 Å². The molecule has 0 aliphatic heterocycles. The summed E-state index contributed by atoms with van der Waals surface area (Å²) >= 11 is 0. The van der Waals surface area contributed by atoms with Crippen molar-refractivity contribution in [2.24, 2.45) is 10.2 Å². The van der Waals surface area contributed by atoms with Crippen molar-refractivity contribution < 1.29 is 0 Å². The van der Waals surface area contributed by atoms with Gasteiger partial charge in [0.1, 0.15) is 0 Å².